The van der Waals surface area contributed by atoms with Gasteiger partial charge in [-0.3, -0.25) is 62.4 Å². The summed E-state index contributed by atoms with van der Waals surface area (Å²) in [6.07, 6.45) is -7.00. The molecule has 0 aliphatic carbocycles. The molecule has 111 heavy (non-hydrogen) atoms. The van der Waals surface area contributed by atoms with Gasteiger partial charge in [-0.05, 0) is 126 Å². The SMILES string of the molecule is C/C1=C2N=C(/C=C3\N/C(=C(/C)C4=N[C@@](C)([C@@H]5N=C1[C@](C)(CCC(=O)NC[C@@H](C)OP(=O)(O)O[C@H]1[C@@H](O)[C@@H](n6cnc7cc(C)c(C)cc76)O[C@@H]1COC(=O)NCCC(=O)c1cc6ccc(N(C)C)cc6oc1=O)[C@H]5CC(N)=O)[C@@](C)(CC(N)=O)[C@@H]4CCC(N)=O)[C@@](C)(CC(N)=O)[C@@H]3CCC(N)=O)C(C)(C)[C@@H]/2CCC(N)=O. The molecule has 6 aliphatic heterocycles. The minimum atomic E-state index is -5.30. The first-order valence-corrected chi connectivity index (χ1v) is 38.6. The number of hydrogen-bond donors (Lipinski definition) is 11. The number of benzene rings is 2. The summed E-state index contributed by atoms with van der Waals surface area (Å²) in [5.74, 6) is -8.17. The van der Waals surface area contributed by atoms with E-state index in [9.17, 15) is 62.5 Å². The third-order valence-corrected chi connectivity index (χ3v) is 25.1. The fourth-order valence-corrected chi connectivity index (χ4v) is 18.8. The van der Waals surface area contributed by atoms with Crippen LogP contribution in [-0.2, 0) is 56.6 Å². The lowest BCUT2D eigenvalue weighted by Gasteiger charge is -2.48. The van der Waals surface area contributed by atoms with Crippen LogP contribution in [0.25, 0.3) is 22.0 Å². The Balaban J connectivity index is 0.935. The van der Waals surface area contributed by atoms with Gasteiger partial charge in [-0.15, -0.1) is 0 Å². The van der Waals surface area contributed by atoms with E-state index in [0.717, 1.165) is 16.8 Å². The second kappa shape index (κ2) is 32.1. The molecule has 2 aromatic carbocycles. The summed E-state index contributed by atoms with van der Waals surface area (Å²) in [7, 11) is -1.66. The number of aryl methyl sites for hydroxylation is 2. The van der Waals surface area contributed by atoms with Gasteiger partial charge in [0.2, 0.25) is 41.4 Å². The Labute approximate surface area is 642 Å². The first-order valence-electron chi connectivity index (χ1n) is 37.2. The van der Waals surface area contributed by atoms with Crippen LogP contribution in [0.3, 0.4) is 0 Å². The number of aliphatic imine (C=N–C) groups is 3. The van der Waals surface area contributed by atoms with Crippen molar-refractivity contribution in [3.8, 4) is 0 Å². The summed E-state index contributed by atoms with van der Waals surface area (Å²) >= 11 is 0. The van der Waals surface area contributed by atoms with Crippen LogP contribution in [0.1, 0.15) is 167 Å². The van der Waals surface area contributed by atoms with Gasteiger partial charge < -0.3 is 83.7 Å². The number of fused-ring (bicyclic) bond motifs is 8. The number of aliphatic hydroxyl groups excluding tert-OH is 1. The van der Waals surface area contributed by atoms with E-state index in [1.54, 1.807) is 32.0 Å². The number of alkyl carbamates (subject to hydrolysis) is 1. The van der Waals surface area contributed by atoms with Gasteiger partial charge in [-0.2, -0.15) is 0 Å². The number of rotatable bonds is 32. The van der Waals surface area contributed by atoms with Crippen molar-refractivity contribution in [2.24, 2.45) is 94.7 Å². The second-order valence-electron chi connectivity index (χ2n) is 32.2. The maximum atomic E-state index is 14.7. The number of anilines is 1. The number of aromatic nitrogens is 2. The maximum absolute atomic E-state index is 14.7. The van der Waals surface area contributed by atoms with Gasteiger partial charge in [-0.1, -0.05) is 34.6 Å². The van der Waals surface area contributed by atoms with Crippen LogP contribution in [0.2, 0.25) is 0 Å². The summed E-state index contributed by atoms with van der Waals surface area (Å²) in [6.45, 7) is 18.6. The first kappa shape index (κ1) is 83.7. The Hall–Kier alpha value is -9.79. The van der Waals surface area contributed by atoms with E-state index in [-0.39, 0.29) is 94.7 Å². The van der Waals surface area contributed by atoms with E-state index in [1.807, 2.05) is 92.6 Å². The number of amides is 8. The average molecular weight is 1560 g/mol. The van der Waals surface area contributed by atoms with Gasteiger partial charge in [0.05, 0.1) is 35.0 Å². The number of carbonyl (C=O) groups excluding carboxylic acids is 9. The molecule has 15 atom stereocenters. The van der Waals surface area contributed by atoms with Crippen molar-refractivity contribution < 1.29 is 80.7 Å². The lowest BCUT2D eigenvalue weighted by molar-refractivity contribution is -0.124. The summed E-state index contributed by atoms with van der Waals surface area (Å²) in [5.41, 5.74) is 36.8. The number of imidazole rings is 1. The van der Waals surface area contributed by atoms with E-state index in [2.05, 4.69) is 20.9 Å². The molecule has 33 nitrogen and oxygen atoms in total. The Morgan fingerprint density at radius 1 is 0.775 bits per heavy atom. The van der Waals surface area contributed by atoms with E-state index < -0.39 is 167 Å². The highest BCUT2D eigenvalue weighted by Crippen LogP contribution is 2.63. The van der Waals surface area contributed by atoms with Crippen LogP contribution in [-0.4, -0.2) is 160 Å². The molecular weight excluding hydrogens is 1450 g/mol. The summed E-state index contributed by atoms with van der Waals surface area (Å²) < 4.78 is 44.4. The molecule has 1 unspecified atom stereocenters. The zero-order valence-electron chi connectivity index (χ0n) is 65.0. The Morgan fingerprint density at radius 2 is 1.41 bits per heavy atom. The number of phosphoric acid groups is 1. The highest BCUT2D eigenvalue weighted by Gasteiger charge is 2.66. The van der Waals surface area contributed by atoms with Gasteiger partial charge in [0.1, 0.15) is 36.1 Å². The monoisotopic (exact) mass is 1560 g/mol. The van der Waals surface area contributed by atoms with Crippen molar-refractivity contribution in [2.75, 3.05) is 38.7 Å². The first-order chi connectivity index (χ1) is 51.8. The highest BCUT2D eigenvalue weighted by molar-refractivity contribution is 7.47. The molecule has 600 valence electrons. The van der Waals surface area contributed by atoms with Crippen LogP contribution in [0.5, 0.6) is 0 Å². The van der Waals surface area contributed by atoms with Gasteiger partial charge in [0.25, 0.3) is 0 Å². The normalized spacial score (nSPS) is 29.8. The number of allylic oxidation sites excluding steroid dienone is 6. The molecule has 34 heteroatoms. The summed E-state index contributed by atoms with van der Waals surface area (Å²) in [5, 5.41) is 21.4. The quantitative estimate of drug-likeness (QED) is 0.0167. The molecule has 10 rings (SSSR count). The Morgan fingerprint density at radius 3 is 2.05 bits per heavy atom. The Bertz CT molecular complexity index is 4790. The predicted octanol–water partition coefficient (Wildman–Crippen LogP) is 5.34. The standard InChI is InChI=1S/C77H104N15O18P/c1-37-26-50-51(27-38(37)2)92(36-86-50)70-65(101)66(54(107-70)35-106-72(103)84-25-23-52(93)44-28-42-14-15-43(91(12)13)29-53(42)108-71(44)102)110-111(104,105)109-39(3)34-85-62(100)22-24-74(8)48(30-59(81)97)69-77(11)76(10,33-61(83)99)47(18-21-58(80)96)64(90-77)41(5)68-75(9,32-60(82)98)45(16-19-56(78)94)49(87-68)31-55-73(6,7)46(17-20-57(79)95)63(88-55)40(4)67(74)89-69/h14-15,26-29,31,36,39,45-48,54,65-66,69-70,87,101H,16-25,30,32-35H2,1-13H3,(H2,78,94)(H2,79,95)(H2,80,96)(H2,81,97)(H2,82,98)(H2,83,99)(H,84,103)(H,85,100)(H,104,105)/b49-31-,63-40-,68-41-/t39-,45-,46-,47-,48+,54-,65-,66-,69-,70+,74-,75+,76+,77+/m1/s1. The smallest absolute Gasteiger partial charge is 0.447 e. The second-order valence-corrected chi connectivity index (χ2v) is 33.5. The molecule has 0 spiro atoms. The van der Waals surface area contributed by atoms with Crippen molar-refractivity contribution in [3.63, 3.8) is 0 Å². The molecular formula is C77H104N15O18P. The molecule has 17 N–H and O–H groups in total. The summed E-state index contributed by atoms with van der Waals surface area (Å²) in [4.78, 5) is 169. The largest absolute Gasteiger partial charge is 0.472 e. The number of nitrogens with two attached hydrogens (primary N) is 6. The number of nitrogens with zero attached hydrogens (tertiary/aromatic N) is 6. The van der Waals surface area contributed by atoms with Crippen LogP contribution >= 0.6 is 7.82 Å². The molecule has 8 heterocycles. The van der Waals surface area contributed by atoms with E-state index in [1.165, 1.54) is 23.9 Å². The molecule has 8 bridgehead atoms. The van der Waals surface area contributed by atoms with Crippen molar-refractivity contribution in [3.05, 3.63) is 104 Å². The molecule has 6 aliphatic rings. The molecule has 0 saturated carbocycles. The maximum Gasteiger partial charge on any atom is 0.472 e. The van der Waals surface area contributed by atoms with Gasteiger partial charge >= 0.3 is 19.5 Å². The molecule has 2 fully saturated rings. The van der Waals surface area contributed by atoms with Crippen molar-refractivity contribution >= 4 is 106 Å². The van der Waals surface area contributed by atoms with Crippen LogP contribution in [0.4, 0.5) is 10.5 Å². The van der Waals surface area contributed by atoms with Crippen molar-refractivity contribution in [2.45, 2.75) is 195 Å². The molecule has 2 saturated heterocycles. The molecule has 0 radical (unpaired) electrons. The minimum Gasteiger partial charge on any atom is -0.447 e. The number of ketones is 1. The van der Waals surface area contributed by atoms with Gasteiger partial charge in [-0.25, -0.2) is 19.1 Å². The lowest BCUT2D eigenvalue weighted by Crippen LogP contribution is -2.56. The van der Waals surface area contributed by atoms with Crippen molar-refractivity contribution in [1.82, 2.24) is 25.5 Å². The van der Waals surface area contributed by atoms with E-state index in [0.29, 0.717) is 61.8 Å². The Kier molecular flexibility index (Phi) is 24.2. The average Bonchev–Trinajstić information content (AvgIpc) is 1.53. The number of nitrogens with one attached hydrogen (secondary N) is 3. The third kappa shape index (κ3) is 16.9. The molecule has 8 amide bonds. The zero-order valence-corrected chi connectivity index (χ0v) is 65.9. The number of phosphoric ester groups is 1. The number of ether oxygens (including phenoxy) is 2. The van der Waals surface area contributed by atoms with Gasteiger partial charge in [0.15, 0.2) is 12.0 Å². The minimum absolute atomic E-state index is 0.0384. The van der Waals surface area contributed by atoms with Gasteiger partial charge in [0, 0.05) is 175 Å². The number of carbonyl (C=O) groups is 9. The highest BCUT2D eigenvalue weighted by atomic mass is 31.2. The topological polar surface area (TPSA) is 529 Å². The number of primary amides is 6. The lowest BCUT2D eigenvalue weighted by atomic mass is 9.55. The molecule has 2 aromatic heterocycles. The molecule has 4 aromatic rings. The summed E-state index contributed by atoms with van der Waals surface area (Å²) in [6, 6.07) is 9.14. The van der Waals surface area contributed by atoms with E-state index in [4.69, 9.17) is 72.3 Å². The number of aliphatic hydroxyl groups is 1. The third-order valence-electron chi connectivity index (χ3n) is 23.9. The van der Waals surface area contributed by atoms with Crippen LogP contribution in [0, 0.1) is 59.2 Å². The number of Topliss-reactive ketones (excluding diaryl/α,β-unsaturated/α-hetero) is 1. The zero-order chi connectivity index (χ0) is 81.7. The number of hydrogen-bond acceptors (Lipinski definition) is 23. The van der Waals surface area contributed by atoms with E-state index >= 15 is 0 Å². The van der Waals surface area contributed by atoms with Crippen molar-refractivity contribution in [1.29, 1.82) is 0 Å². The predicted molar refractivity (Wildman–Crippen MR) is 412 cm³/mol. The van der Waals surface area contributed by atoms with Crippen LogP contribution < -0.4 is 60.9 Å². The van der Waals surface area contributed by atoms with Crippen LogP contribution in [0.15, 0.2) is 101 Å². The fourth-order valence-electron chi connectivity index (χ4n) is 17.6. The fraction of sp³-hybridized carbons (Fsp3) is 0.558.